The van der Waals surface area contributed by atoms with Crippen LogP contribution in [0.25, 0.3) is 0 Å². The molecule has 0 saturated carbocycles. The standard InChI is InChI=1S/C13H13NO4/c15-11-7-6-10(12(16)13(17)18)14(11)8-9-4-2-1-3-5-9/h1-5,10H,6-8H2,(H,17,18)/t10-/m0/s1. The number of hydrogen-bond donors (Lipinski definition) is 1. The van der Waals surface area contributed by atoms with E-state index in [1.54, 1.807) is 0 Å². The first-order valence-corrected chi connectivity index (χ1v) is 5.70. The van der Waals surface area contributed by atoms with Gasteiger partial charge >= 0.3 is 5.97 Å². The molecule has 1 fully saturated rings. The summed E-state index contributed by atoms with van der Waals surface area (Å²) in [6, 6.07) is 8.39. The van der Waals surface area contributed by atoms with Gasteiger partial charge in [0.05, 0.1) is 0 Å². The molecule has 1 heterocycles. The van der Waals surface area contributed by atoms with Crippen LogP contribution in [-0.2, 0) is 20.9 Å². The van der Waals surface area contributed by atoms with Crippen molar-refractivity contribution in [2.45, 2.75) is 25.4 Å². The van der Waals surface area contributed by atoms with E-state index in [-0.39, 0.29) is 25.3 Å². The largest absolute Gasteiger partial charge is 0.475 e. The first-order chi connectivity index (χ1) is 8.59. The Bertz CT molecular complexity index is 483. The van der Waals surface area contributed by atoms with Gasteiger partial charge in [-0.15, -0.1) is 0 Å². The molecular formula is C13H13NO4. The van der Waals surface area contributed by atoms with E-state index in [0.29, 0.717) is 0 Å². The lowest BCUT2D eigenvalue weighted by atomic mass is 10.1. The molecule has 1 saturated heterocycles. The predicted octanol–water partition coefficient (Wildman–Crippen LogP) is 0.831. The van der Waals surface area contributed by atoms with Gasteiger partial charge in [-0.25, -0.2) is 4.79 Å². The van der Waals surface area contributed by atoms with Crippen molar-refractivity contribution in [3.63, 3.8) is 0 Å². The van der Waals surface area contributed by atoms with Crippen LogP contribution in [0.2, 0.25) is 0 Å². The smallest absolute Gasteiger partial charge is 0.374 e. The molecule has 0 aliphatic carbocycles. The van der Waals surface area contributed by atoms with Gasteiger partial charge in [0.1, 0.15) is 6.04 Å². The summed E-state index contributed by atoms with van der Waals surface area (Å²) in [5.41, 5.74) is 0.885. The van der Waals surface area contributed by atoms with E-state index in [2.05, 4.69) is 0 Å². The zero-order valence-corrected chi connectivity index (χ0v) is 9.70. The number of carbonyl (C=O) groups is 3. The summed E-state index contributed by atoms with van der Waals surface area (Å²) in [7, 11) is 0. The van der Waals surface area contributed by atoms with Crippen LogP contribution in [0.4, 0.5) is 0 Å². The molecule has 1 aliphatic heterocycles. The minimum Gasteiger partial charge on any atom is -0.475 e. The quantitative estimate of drug-likeness (QED) is 0.800. The van der Waals surface area contributed by atoms with E-state index < -0.39 is 17.8 Å². The van der Waals surface area contributed by atoms with E-state index in [1.807, 2.05) is 30.3 Å². The van der Waals surface area contributed by atoms with E-state index in [4.69, 9.17) is 5.11 Å². The zero-order chi connectivity index (χ0) is 13.1. The third-order valence-corrected chi connectivity index (χ3v) is 3.04. The monoisotopic (exact) mass is 247 g/mol. The highest BCUT2D eigenvalue weighted by Gasteiger charge is 2.38. The number of Topliss-reactive ketones (excluding diaryl/α,β-unsaturated/α-hetero) is 1. The van der Waals surface area contributed by atoms with E-state index in [0.717, 1.165) is 5.56 Å². The predicted molar refractivity (Wildman–Crippen MR) is 62.7 cm³/mol. The average Bonchev–Trinajstić information content (AvgIpc) is 2.71. The Kier molecular flexibility index (Phi) is 3.41. The molecule has 0 aromatic heterocycles. The number of carbonyl (C=O) groups excluding carboxylic acids is 2. The Morgan fingerprint density at radius 2 is 1.94 bits per heavy atom. The summed E-state index contributed by atoms with van der Waals surface area (Å²) < 4.78 is 0. The number of hydrogen-bond acceptors (Lipinski definition) is 3. The number of aliphatic carboxylic acids is 1. The van der Waals surface area contributed by atoms with Gasteiger partial charge in [0, 0.05) is 13.0 Å². The van der Waals surface area contributed by atoms with Gasteiger partial charge in [-0.1, -0.05) is 30.3 Å². The third kappa shape index (κ3) is 2.40. The maximum Gasteiger partial charge on any atom is 0.374 e. The summed E-state index contributed by atoms with van der Waals surface area (Å²) >= 11 is 0. The van der Waals surface area contributed by atoms with Gasteiger partial charge in [-0.2, -0.15) is 0 Å². The highest BCUT2D eigenvalue weighted by atomic mass is 16.4. The SMILES string of the molecule is O=C(O)C(=O)[C@@H]1CCC(=O)N1Cc1ccccc1. The van der Waals surface area contributed by atoms with Gasteiger partial charge in [0.25, 0.3) is 5.78 Å². The van der Waals surface area contributed by atoms with Crippen molar-refractivity contribution < 1.29 is 19.5 Å². The Balaban J connectivity index is 2.16. The molecule has 18 heavy (non-hydrogen) atoms. The number of likely N-dealkylation sites (tertiary alicyclic amines) is 1. The molecule has 0 unspecified atom stereocenters. The minimum atomic E-state index is -1.48. The van der Waals surface area contributed by atoms with Crippen LogP contribution < -0.4 is 0 Å². The van der Waals surface area contributed by atoms with Gasteiger partial charge in [0.15, 0.2) is 0 Å². The average molecular weight is 247 g/mol. The first-order valence-electron chi connectivity index (χ1n) is 5.70. The number of carboxylic acid groups (broad SMARTS) is 1. The molecule has 1 amide bonds. The lowest BCUT2D eigenvalue weighted by Gasteiger charge is -2.22. The Labute approximate surface area is 104 Å². The molecule has 2 rings (SSSR count). The molecule has 0 spiro atoms. The van der Waals surface area contributed by atoms with Crippen LogP contribution >= 0.6 is 0 Å². The van der Waals surface area contributed by atoms with Crippen molar-refractivity contribution in [3.05, 3.63) is 35.9 Å². The summed E-state index contributed by atoms with van der Waals surface area (Å²) in [6.45, 7) is 0.281. The molecule has 1 aromatic rings. The van der Waals surface area contributed by atoms with Crippen LogP contribution in [0, 0.1) is 0 Å². The first kappa shape index (κ1) is 12.3. The zero-order valence-electron chi connectivity index (χ0n) is 9.70. The van der Waals surface area contributed by atoms with Crippen LogP contribution in [0.15, 0.2) is 30.3 Å². The number of carboxylic acids is 1. The van der Waals surface area contributed by atoms with Gasteiger partial charge in [-0.05, 0) is 12.0 Å². The van der Waals surface area contributed by atoms with Crippen molar-refractivity contribution in [2.75, 3.05) is 0 Å². The molecule has 1 atom stereocenters. The third-order valence-electron chi connectivity index (χ3n) is 3.04. The fraction of sp³-hybridized carbons (Fsp3) is 0.308. The molecule has 1 N–H and O–H groups in total. The number of benzene rings is 1. The molecule has 0 bridgehead atoms. The summed E-state index contributed by atoms with van der Waals surface area (Å²) in [5, 5.41) is 8.73. The van der Waals surface area contributed by atoms with E-state index >= 15 is 0 Å². The Morgan fingerprint density at radius 3 is 2.56 bits per heavy atom. The molecule has 5 nitrogen and oxygen atoms in total. The second-order valence-electron chi connectivity index (χ2n) is 4.23. The number of ketones is 1. The van der Waals surface area contributed by atoms with Crippen LogP contribution in [0.3, 0.4) is 0 Å². The van der Waals surface area contributed by atoms with Crippen molar-refractivity contribution in [1.29, 1.82) is 0 Å². The molecule has 5 heteroatoms. The van der Waals surface area contributed by atoms with Crippen molar-refractivity contribution in [3.8, 4) is 0 Å². The Morgan fingerprint density at radius 1 is 1.28 bits per heavy atom. The van der Waals surface area contributed by atoms with Crippen LogP contribution in [0.5, 0.6) is 0 Å². The summed E-state index contributed by atoms with van der Waals surface area (Å²) in [6.07, 6.45) is 0.521. The van der Waals surface area contributed by atoms with Gasteiger partial charge in [-0.3, -0.25) is 9.59 Å². The van der Waals surface area contributed by atoms with Gasteiger partial charge < -0.3 is 10.0 Å². The fourth-order valence-electron chi connectivity index (χ4n) is 2.13. The highest BCUT2D eigenvalue weighted by molar-refractivity contribution is 6.35. The summed E-state index contributed by atoms with van der Waals surface area (Å²) in [4.78, 5) is 35.3. The van der Waals surface area contributed by atoms with Crippen molar-refractivity contribution >= 4 is 17.7 Å². The molecule has 1 aliphatic rings. The molecular weight excluding hydrogens is 234 g/mol. The lowest BCUT2D eigenvalue weighted by molar-refractivity contribution is -0.152. The lowest BCUT2D eigenvalue weighted by Crippen LogP contribution is -2.41. The van der Waals surface area contributed by atoms with E-state index in [9.17, 15) is 14.4 Å². The second kappa shape index (κ2) is 5.00. The number of rotatable bonds is 4. The maximum atomic E-state index is 11.7. The highest BCUT2D eigenvalue weighted by Crippen LogP contribution is 2.22. The Hall–Kier alpha value is -2.17. The number of amides is 1. The minimum absolute atomic E-state index is 0.168. The van der Waals surface area contributed by atoms with Crippen molar-refractivity contribution in [1.82, 2.24) is 4.90 Å². The normalized spacial score (nSPS) is 19.0. The summed E-state index contributed by atoms with van der Waals surface area (Å²) in [5.74, 6) is -2.55. The second-order valence-corrected chi connectivity index (χ2v) is 4.23. The van der Waals surface area contributed by atoms with Crippen LogP contribution in [-0.4, -0.2) is 33.7 Å². The molecule has 94 valence electrons. The van der Waals surface area contributed by atoms with Crippen LogP contribution in [0.1, 0.15) is 18.4 Å². The van der Waals surface area contributed by atoms with Gasteiger partial charge in [0.2, 0.25) is 5.91 Å². The number of nitrogens with zero attached hydrogens (tertiary/aromatic N) is 1. The topological polar surface area (TPSA) is 74.7 Å². The fourth-order valence-corrected chi connectivity index (χ4v) is 2.13. The molecule has 1 aromatic carbocycles. The van der Waals surface area contributed by atoms with Crippen molar-refractivity contribution in [2.24, 2.45) is 0 Å². The van der Waals surface area contributed by atoms with E-state index in [1.165, 1.54) is 4.90 Å². The molecule has 0 radical (unpaired) electrons. The maximum absolute atomic E-state index is 11.7.